The fourth-order valence-electron chi connectivity index (χ4n) is 2.07. The van der Waals surface area contributed by atoms with Crippen molar-refractivity contribution in [2.45, 2.75) is 6.54 Å². The quantitative estimate of drug-likeness (QED) is 0.937. The Bertz CT molecular complexity index is 595. The van der Waals surface area contributed by atoms with Crippen LogP contribution < -0.4 is 14.8 Å². The number of ether oxygens (including phenoxy) is 2. The summed E-state index contributed by atoms with van der Waals surface area (Å²) in [5.74, 6) is 1.45. The summed E-state index contributed by atoms with van der Waals surface area (Å²) in [6.45, 7) is 1.86. The Morgan fingerprint density at radius 2 is 2.00 bits per heavy atom. The number of anilines is 1. The summed E-state index contributed by atoms with van der Waals surface area (Å²) in [6.07, 6.45) is 2.02. The maximum Gasteiger partial charge on any atom is 0.163 e. The smallest absolute Gasteiger partial charge is 0.163 e. The molecule has 1 aromatic carbocycles. The maximum absolute atomic E-state index is 6.24. The lowest BCUT2D eigenvalue weighted by Crippen LogP contribution is -2.15. The minimum atomic E-state index is 0.569. The number of hydrogen-bond acceptors (Lipinski definition) is 3. The van der Waals surface area contributed by atoms with Gasteiger partial charge in [0.05, 0.1) is 17.3 Å². The summed E-state index contributed by atoms with van der Waals surface area (Å²) in [6, 6.07) is 7.77. The van der Waals surface area contributed by atoms with Crippen LogP contribution >= 0.6 is 11.6 Å². The molecule has 2 aromatic rings. The van der Waals surface area contributed by atoms with Crippen LogP contribution in [-0.4, -0.2) is 17.8 Å². The summed E-state index contributed by atoms with van der Waals surface area (Å²) >= 11 is 6.24. The molecule has 0 aliphatic carbocycles. The molecule has 0 atom stereocenters. The van der Waals surface area contributed by atoms with E-state index in [1.807, 2.05) is 25.4 Å². The molecule has 0 radical (unpaired) electrons. The van der Waals surface area contributed by atoms with Crippen LogP contribution in [0.4, 0.5) is 5.69 Å². The standard InChI is InChI=1S/C14H15ClN2O2/c1-17-4-2-3-10(17)9-16-12-8-14-13(7-11(12)15)18-5-6-19-14/h2-4,7-8,16H,5-6,9H2,1H3. The molecular weight excluding hydrogens is 264 g/mol. The molecule has 0 unspecified atom stereocenters. The predicted molar refractivity (Wildman–Crippen MR) is 75.2 cm³/mol. The number of aryl methyl sites for hydroxylation is 1. The Hall–Kier alpha value is -1.81. The molecule has 2 heterocycles. The molecule has 100 valence electrons. The van der Waals surface area contributed by atoms with Crippen LogP contribution in [0.2, 0.25) is 5.02 Å². The van der Waals surface area contributed by atoms with Crippen molar-refractivity contribution in [1.82, 2.24) is 4.57 Å². The second-order valence-electron chi connectivity index (χ2n) is 4.44. The van der Waals surface area contributed by atoms with Crippen LogP contribution in [0.1, 0.15) is 5.69 Å². The first-order chi connectivity index (χ1) is 9.24. The van der Waals surface area contributed by atoms with Gasteiger partial charge in [0.2, 0.25) is 0 Å². The summed E-state index contributed by atoms with van der Waals surface area (Å²) in [4.78, 5) is 0. The summed E-state index contributed by atoms with van der Waals surface area (Å²) in [5.41, 5.74) is 2.04. The van der Waals surface area contributed by atoms with Crippen molar-refractivity contribution < 1.29 is 9.47 Å². The number of benzene rings is 1. The number of rotatable bonds is 3. The van der Waals surface area contributed by atoms with Crippen LogP contribution in [0, 0.1) is 0 Å². The SMILES string of the molecule is Cn1cccc1CNc1cc2c(cc1Cl)OCCO2. The largest absolute Gasteiger partial charge is 0.486 e. The first-order valence-electron chi connectivity index (χ1n) is 6.17. The second kappa shape index (κ2) is 5.05. The van der Waals surface area contributed by atoms with Gasteiger partial charge in [-0.1, -0.05) is 11.6 Å². The Morgan fingerprint density at radius 3 is 2.68 bits per heavy atom. The third-order valence-corrected chi connectivity index (χ3v) is 3.46. The molecule has 0 fully saturated rings. The van der Waals surface area contributed by atoms with Gasteiger partial charge in [0.15, 0.2) is 11.5 Å². The van der Waals surface area contributed by atoms with E-state index in [1.54, 1.807) is 6.07 Å². The van der Waals surface area contributed by atoms with Crippen molar-refractivity contribution in [3.05, 3.63) is 41.2 Å². The first-order valence-corrected chi connectivity index (χ1v) is 6.55. The lowest BCUT2D eigenvalue weighted by Gasteiger charge is -2.20. The van der Waals surface area contributed by atoms with Gasteiger partial charge in [0.1, 0.15) is 13.2 Å². The van der Waals surface area contributed by atoms with E-state index in [-0.39, 0.29) is 0 Å². The zero-order chi connectivity index (χ0) is 13.2. The van der Waals surface area contributed by atoms with E-state index in [4.69, 9.17) is 21.1 Å². The van der Waals surface area contributed by atoms with Crippen molar-refractivity contribution in [2.24, 2.45) is 7.05 Å². The fourth-order valence-corrected chi connectivity index (χ4v) is 2.29. The number of nitrogens with one attached hydrogen (secondary N) is 1. The Kier molecular flexibility index (Phi) is 3.25. The van der Waals surface area contributed by atoms with Crippen molar-refractivity contribution >= 4 is 17.3 Å². The van der Waals surface area contributed by atoms with Crippen LogP contribution in [0.25, 0.3) is 0 Å². The topological polar surface area (TPSA) is 35.4 Å². The lowest BCUT2D eigenvalue weighted by molar-refractivity contribution is 0.171. The molecule has 0 amide bonds. The Balaban J connectivity index is 1.79. The highest BCUT2D eigenvalue weighted by molar-refractivity contribution is 6.33. The van der Waals surface area contributed by atoms with Crippen molar-refractivity contribution in [3.8, 4) is 11.5 Å². The minimum absolute atomic E-state index is 0.569. The van der Waals surface area contributed by atoms with Gasteiger partial charge in [0.25, 0.3) is 0 Å². The van der Waals surface area contributed by atoms with Gasteiger partial charge in [-0.25, -0.2) is 0 Å². The number of nitrogens with zero attached hydrogens (tertiary/aromatic N) is 1. The molecule has 0 saturated heterocycles. The van der Waals surface area contributed by atoms with Gasteiger partial charge in [-0.3, -0.25) is 0 Å². The van der Waals surface area contributed by atoms with E-state index < -0.39 is 0 Å². The summed E-state index contributed by atoms with van der Waals surface area (Å²) in [5, 5.41) is 3.96. The van der Waals surface area contributed by atoms with E-state index in [2.05, 4.69) is 16.0 Å². The number of hydrogen-bond donors (Lipinski definition) is 1. The van der Waals surface area contributed by atoms with E-state index in [0.29, 0.717) is 30.5 Å². The van der Waals surface area contributed by atoms with E-state index in [1.165, 1.54) is 5.69 Å². The molecule has 0 bridgehead atoms. The van der Waals surface area contributed by atoms with Crippen LogP contribution in [0.15, 0.2) is 30.5 Å². The normalized spacial score (nSPS) is 13.4. The highest BCUT2D eigenvalue weighted by atomic mass is 35.5. The van der Waals surface area contributed by atoms with Gasteiger partial charge in [-0.15, -0.1) is 0 Å². The van der Waals surface area contributed by atoms with Crippen molar-refractivity contribution in [2.75, 3.05) is 18.5 Å². The fraction of sp³-hybridized carbons (Fsp3) is 0.286. The van der Waals surface area contributed by atoms with Gasteiger partial charge >= 0.3 is 0 Å². The van der Waals surface area contributed by atoms with Gasteiger partial charge < -0.3 is 19.4 Å². The third kappa shape index (κ3) is 2.49. The average molecular weight is 279 g/mol. The molecule has 1 aliphatic heterocycles. The first kappa shape index (κ1) is 12.2. The highest BCUT2D eigenvalue weighted by Gasteiger charge is 2.15. The van der Waals surface area contributed by atoms with E-state index in [9.17, 15) is 0 Å². The number of fused-ring (bicyclic) bond motifs is 1. The minimum Gasteiger partial charge on any atom is -0.486 e. The van der Waals surface area contributed by atoms with Gasteiger partial charge in [-0.2, -0.15) is 0 Å². The van der Waals surface area contributed by atoms with Crippen molar-refractivity contribution in [3.63, 3.8) is 0 Å². The van der Waals surface area contributed by atoms with Crippen LogP contribution in [0.5, 0.6) is 11.5 Å². The molecule has 1 aromatic heterocycles. The molecular formula is C14H15ClN2O2. The summed E-state index contributed by atoms with van der Waals surface area (Å²) in [7, 11) is 2.02. The zero-order valence-corrected chi connectivity index (χ0v) is 11.4. The molecule has 19 heavy (non-hydrogen) atoms. The van der Waals surface area contributed by atoms with Crippen molar-refractivity contribution in [1.29, 1.82) is 0 Å². The lowest BCUT2D eigenvalue weighted by atomic mass is 10.2. The van der Waals surface area contributed by atoms with Gasteiger partial charge in [0, 0.05) is 31.1 Å². The molecule has 4 nitrogen and oxygen atoms in total. The molecule has 3 rings (SSSR count). The number of halogens is 1. The highest BCUT2D eigenvalue weighted by Crippen LogP contribution is 2.38. The van der Waals surface area contributed by atoms with Crippen LogP contribution in [0.3, 0.4) is 0 Å². The molecule has 5 heteroatoms. The monoisotopic (exact) mass is 278 g/mol. The van der Waals surface area contributed by atoms with E-state index >= 15 is 0 Å². The predicted octanol–water partition coefficient (Wildman–Crippen LogP) is 3.06. The molecule has 1 aliphatic rings. The van der Waals surface area contributed by atoms with Crippen LogP contribution in [-0.2, 0) is 13.6 Å². The summed E-state index contributed by atoms with van der Waals surface area (Å²) < 4.78 is 13.1. The average Bonchev–Trinajstić information content (AvgIpc) is 2.82. The molecule has 0 saturated carbocycles. The molecule has 0 spiro atoms. The third-order valence-electron chi connectivity index (χ3n) is 3.14. The number of aromatic nitrogens is 1. The molecule has 1 N–H and O–H groups in total. The van der Waals surface area contributed by atoms with Gasteiger partial charge in [-0.05, 0) is 12.1 Å². The second-order valence-corrected chi connectivity index (χ2v) is 4.85. The zero-order valence-electron chi connectivity index (χ0n) is 10.6. The Labute approximate surface area is 116 Å². The Morgan fingerprint density at radius 1 is 1.26 bits per heavy atom. The maximum atomic E-state index is 6.24. The van der Waals surface area contributed by atoms with E-state index in [0.717, 1.165) is 11.4 Å².